The third kappa shape index (κ3) is 2.64. The van der Waals surface area contributed by atoms with Crippen LogP contribution in [-0.2, 0) is 14.6 Å². The van der Waals surface area contributed by atoms with Crippen LogP contribution in [-0.4, -0.2) is 61.5 Å². The van der Waals surface area contributed by atoms with Gasteiger partial charge in [0.25, 0.3) is 0 Å². The molecule has 1 N–H and O–H groups in total. The minimum absolute atomic E-state index is 0.0508. The highest BCUT2D eigenvalue weighted by Gasteiger charge is 2.31. The maximum Gasteiger partial charge on any atom is 0.240 e. The largest absolute Gasteiger partial charge is 0.339 e. The topological polar surface area (TPSA) is 66.5 Å². The smallest absolute Gasteiger partial charge is 0.240 e. The lowest BCUT2D eigenvalue weighted by molar-refractivity contribution is -0.132. The van der Waals surface area contributed by atoms with Gasteiger partial charge in [0.2, 0.25) is 5.91 Å². The molecule has 0 aromatic rings. The van der Waals surface area contributed by atoms with Gasteiger partial charge in [-0.15, -0.1) is 11.8 Å². The number of nitrogens with zero attached hydrogens (tertiary/aromatic N) is 1. The van der Waals surface area contributed by atoms with E-state index in [-0.39, 0.29) is 23.5 Å². The number of thioether (sulfide) groups is 1. The van der Waals surface area contributed by atoms with Crippen molar-refractivity contribution in [3.8, 4) is 0 Å². The average molecular weight is 250 g/mol. The van der Waals surface area contributed by atoms with Crippen LogP contribution in [0.3, 0.4) is 0 Å². The van der Waals surface area contributed by atoms with Gasteiger partial charge in [-0.2, -0.15) is 0 Å². The Morgan fingerprint density at radius 1 is 1.33 bits per heavy atom. The van der Waals surface area contributed by atoms with Crippen LogP contribution in [0.5, 0.6) is 0 Å². The molecule has 2 aliphatic heterocycles. The summed E-state index contributed by atoms with van der Waals surface area (Å²) < 4.78 is 22.4. The van der Waals surface area contributed by atoms with Gasteiger partial charge in [-0.1, -0.05) is 0 Å². The number of hydrogen-bond acceptors (Lipinski definition) is 5. The third-order valence-corrected chi connectivity index (χ3v) is 5.22. The minimum atomic E-state index is -2.89. The first-order chi connectivity index (χ1) is 7.08. The molecule has 0 spiro atoms. The zero-order valence-corrected chi connectivity index (χ0v) is 9.94. The summed E-state index contributed by atoms with van der Waals surface area (Å²) in [6.07, 6.45) is 0. The van der Waals surface area contributed by atoms with E-state index < -0.39 is 9.84 Å². The molecule has 1 unspecified atom stereocenters. The van der Waals surface area contributed by atoms with Crippen molar-refractivity contribution in [2.75, 3.05) is 36.2 Å². The van der Waals surface area contributed by atoms with E-state index in [9.17, 15) is 13.2 Å². The predicted octanol–water partition coefficient (Wildman–Crippen LogP) is -1.09. The van der Waals surface area contributed by atoms with Gasteiger partial charge < -0.3 is 4.90 Å². The number of amides is 1. The van der Waals surface area contributed by atoms with E-state index in [1.165, 1.54) is 0 Å². The Morgan fingerprint density at radius 2 is 2.00 bits per heavy atom. The van der Waals surface area contributed by atoms with E-state index in [4.69, 9.17) is 0 Å². The molecule has 2 saturated heterocycles. The van der Waals surface area contributed by atoms with Crippen molar-refractivity contribution in [3.63, 3.8) is 0 Å². The van der Waals surface area contributed by atoms with E-state index in [1.807, 2.05) is 0 Å². The van der Waals surface area contributed by atoms with E-state index in [0.717, 1.165) is 11.6 Å². The maximum atomic E-state index is 11.9. The number of sulfone groups is 1. The highest BCUT2D eigenvalue weighted by Crippen LogP contribution is 2.13. The second-order valence-corrected chi connectivity index (χ2v) is 7.08. The molecule has 2 heterocycles. The van der Waals surface area contributed by atoms with Crippen LogP contribution in [0, 0.1) is 0 Å². The van der Waals surface area contributed by atoms with Crippen LogP contribution in [0.2, 0.25) is 0 Å². The van der Waals surface area contributed by atoms with Gasteiger partial charge in [0.1, 0.15) is 0 Å². The summed E-state index contributed by atoms with van der Waals surface area (Å²) in [5.41, 5.74) is 0. The molecule has 7 heteroatoms. The Bertz CT molecular complexity index is 335. The number of rotatable bonds is 1. The van der Waals surface area contributed by atoms with E-state index in [2.05, 4.69) is 5.32 Å². The molecular formula is C8H14N2O3S2. The third-order valence-electron chi connectivity index (χ3n) is 2.67. The van der Waals surface area contributed by atoms with Gasteiger partial charge in [-0.3, -0.25) is 10.1 Å². The van der Waals surface area contributed by atoms with Crippen molar-refractivity contribution in [1.82, 2.24) is 10.2 Å². The molecule has 0 bridgehead atoms. The number of nitrogens with one attached hydrogen (secondary N) is 1. The van der Waals surface area contributed by atoms with Crippen LogP contribution in [0.1, 0.15) is 0 Å². The minimum Gasteiger partial charge on any atom is -0.339 e. The van der Waals surface area contributed by atoms with Crippen molar-refractivity contribution in [2.45, 2.75) is 6.04 Å². The SMILES string of the molecule is O=C(C1CSCN1)N1CCS(=O)(=O)CC1. The first-order valence-corrected chi connectivity index (χ1v) is 7.86. The van der Waals surface area contributed by atoms with Crippen LogP contribution in [0.4, 0.5) is 0 Å². The van der Waals surface area contributed by atoms with E-state index >= 15 is 0 Å². The number of carbonyl (C=O) groups excluding carboxylic acids is 1. The van der Waals surface area contributed by atoms with Crippen molar-refractivity contribution < 1.29 is 13.2 Å². The lowest BCUT2D eigenvalue weighted by Gasteiger charge is -2.28. The Morgan fingerprint density at radius 3 is 2.53 bits per heavy atom. The molecule has 1 amide bonds. The molecule has 5 nitrogen and oxygen atoms in total. The molecule has 0 saturated carbocycles. The van der Waals surface area contributed by atoms with Crippen LogP contribution in [0.25, 0.3) is 0 Å². The summed E-state index contributed by atoms with van der Waals surface area (Å²) >= 11 is 1.70. The van der Waals surface area contributed by atoms with Gasteiger partial charge in [-0.05, 0) is 0 Å². The zero-order valence-electron chi connectivity index (χ0n) is 8.31. The second-order valence-electron chi connectivity index (χ2n) is 3.75. The zero-order chi connectivity index (χ0) is 10.9. The van der Waals surface area contributed by atoms with Gasteiger partial charge in [0.05, 0.1) is 17.5 Å². The standard InChI is InChI=1S/C8H14N2O3S2/c11-8(7-5-14-6-9-7)10-1-3-15(12,13)4-2-10/h7,9H,1-6H2. The molecule has 86 valence electrons. The van der Waals surface area contributed by atoms with Gasteiger partial charge >= 0.3 is 0 Å². The highest BCUT2D eigenvalue weighted by atomic mass is 32.2. The normalized spacial score (nSPS) is 30.4. The summed E-state index contributed by atoms with van der Waals surface area (Å²) in [6.45, 7) is 0.702. The predicted molar refractivity (Wildman–Crippen MR) is 59.5 cm³/mol. The summed E-state index contributed by atoms with van der Waals surface area (Å²) in [6, 6.07) is -0.115. The lowest BCUT2D eigenvalue weighted by Crippen LogP contribution is -2.50. The molecule has 1 atom stereocenters. The van der Waals surface area contributed by atoms with Crippen molar-refractivity contribution in [1.29, 1.82) is 0 Å². The van der Waals surface area contributed by atoms with E-state index in [0.29, 0.717) is 13.1 Å². The summed E-state index contributed by atoms with van der Waals surface area (Å²) in [7, 11) is -2.89. The maximum absolute atomic E-state index is 11.9. The summed E-state index contributed by atoms with van der Waals surface area (Å²) in [4.78, 5) is 13.5. The molecule has 0 radical (unpaired) electrons. The number of carbonyl (C=O) groups is 1. The molecular weight excluding hydrogens is 236 g/mol. The van der Waals surface area contributed by atoms with Gasteiger partial charge in [0.15, 0.2) is 9.84 Å². The fraction of sp³-hybridized carbons (Fsp3) is 0.875. The van der Waals surface area contributed by atoms with Crippen molar-refractivity contribution >= 4 is 27.5 Å². The summed E-state index contributed by atoms with van der Waals surface area (Å²) in [5.74, 6) is 1.87. The quantitative estimate of drug-likeness (QED) is 0.640. The van der Waals surface area contributed by atoms with Crippen LogP contribution >= 0.6 is 11.8 Å². The molecule has 0 aliphatic carbocycles. The van der Waals surface area contributed by atoms with Crippen molar-refractivity contribution in [2.24, 2.45) is 0 Å². The van der Waals surface area contributed by atoms with Crippen LogP contribution < -0.4 is 5.32 Å². The number of hydrogen-bond donors (Lipinski definition) is 1. The van der Waals surface area contributed by atoms with Gasteiger partial charge in [0, 0.05) is 24.7 Å². The lowest BCUT2D eigenvalue weighted by atomic mass is 10.3. The Kier molecular flexibility index (Phi) is 3.22. The Hall–Kier alpha value is -0.270. The molecule has 0 aromatic heterocycles. The molecule has 2 rings (SSSR count). The first-order valence-electron chi connectivity index (χ1n) is 4.89. The molecule has 2 fully saturated rings. The summed E-state index contributed by atoms with van der Waals surface area (Å²) in [5, 5.41) is 3.10. The molecule has 0 aromatic carbocycles. The molecule has 2 aliphatic rings. The van der Waals surface area contributed by atoms with Gasteiger partial charge in [-0.25, -0.2) is 8.42 Å². The second kappa shape index (κ2) is 4.31. The van der Waals surface area contributed by atoms with Crippen molar-refractivity contribution in [3.05, 3.63) is 0 Å². The average Bonchev–Trinajstić information content (AvgIpc) is 2.69. The van der Waals surface area contributed by atoms with Crippen LogP contribution in [0.15, 0.2) is 0 Å². The van der Waals surface area contributed by atoms with E-state index in [1.54, 1.807) is 16.7 Å². The fourth-order valence-electron chi connectivity index (χ4n) is 1.71. The fourth-order valence-corrected chi connectivity index (χ4v) is 3.84. The monoisotopic (exact) mass is 250 g/mol. The Balaban J connectivity index is 1.92. The highest BCUT2D eigenvalue weighted by molar-refractivity contribution is 7.99. The Labute approximate surface area is 93.5 Å². The molecule has 15 heavy (non-hydrogen) atoms. The first kappa shape index (κ1) is 11.2.